The van der Waals surface area contributed by atoms with E-state index < -0.39 is 0 Å². The molecule has 1 aliphatic rings. The first-order valence-electron chi connectivity index (χ1n) is 6.41. The van der Waals surface area contributed by atoms with Gasteiger partial charge < -0.3 is 10.6 Å². The second-order valence-electron chi connectivity index (χ2n) is 4.95. The van der Waals surface area contributed by atoms with Gasteiger partial charge in [0, 0.05) is 11.0 Å². The number of carbonyl (C=O) groups is 1. The Bertz CT molecular complexity index is 422. The van der Waals surface area contributed by atoms with Crippen LogP contribution in [0.2, 0.25) is 0 Å². The molecule has 1 fully saturated rings. The van der Waals surface area contributed by atoms with E-state index in [9.17, 15) is 4.79 Å². The van der Waals surface area contributed by atoms with Crippen LogP contribution in [0, 0.1) is 5.92 Å². The molecular formula is C14H19BrN2O. The van der Waals surface area contributed by atoms with Crippen molar-refractivity contribution in [2.45, 2.75) is 32.4 Å². The van der Waals surface area contributed by atoms with E-state index in [1.807, 2.05) is 24.3 Å². The van der Waals surface area contributed by atoms with Crippen LogP contribution in [0.3, 0.4) is 0 Å². The molecule has 1 aromatic carbocycles. The largest absolute Gasteiger partial charge is 0.351 e. The van der Waals surface area contributed by atoms with E-state index in [-0.39, 0.29) is 11.9 Å². The minimum atomic E-state index is -0.0313. The van der Waals surface area contributed by atoms with E-state index in [4.69, 9.17) is 0 Å². The van der Waals surface area contributed by atoms with Crippen molar-refractivity contribution in [1.82, 2.24) is 10.6 Å². The zero-order valence-corrected chi connectivity index (χ0v) is 12.2. The van der Waals surface area contributed by atoms with Gasteiger partial charge in [0.05, 0.1) is 6.04 Å². The van der Waals surface area contributed by atoms with Crippen molar-refractivity contribution in [3.05, 3.63) is 34.3 Å². The summed E-state index contributed by atoms with van der Waals surface area (Å²) in [6.45, 7) is 3.72. The van der Waals surface area contributed by atoms with E-state index in [1.54, 1.807) is 0 Å². The number of hydrogen-bond acceptors (Lipinski definition) is 2. The van der Waals surface area contributed by atoms with Gasteiger partial charge in [-0.15, -0.1) is 0 Å². The highest BCUT2D eigenvalue weighted by Crippen LogP contribution is 2.17. The second-order valence-corrected chi connectivity index (χ2v) is 5.80. The maximum Gasteiger partial charge on any atom is 0.237 e. The highest BCUT2D eigenvalue weighted by molar-refractivity contribution is 9.10. The van der Waals surface area contributed by atoms with E-state index in [1.165, 1.54) is 0 Å². The fourth-order valence-electron chi connectivity index (χ4n) is 2.25. The van der Waals surface area contributed by atoms with Gasteiger partial charge in [-0.05, 0) is 36.9 Å². The normalized spacial score (nSPS) is 23.7. The Kier molecular flexibility index (Phi) is 4.78. The van der Waals surface area contributed by atoms with Crippen LogP contribution >= 0.6 is 15.9 Å². The summed E-state index contributed by atoms with van der Waals surface area (Å²) in [4.78, 5) is 12.0. The molecule has 0 aromatic heterocycles. The van der Waals surface area contributed by atoms with Gasteiger partial charge in [-0.3, -0.25) is 4.79 Å². The van der Waals surface area contributed by atoms with Crippen LogP contribution < -0.4 is 10.6 Å². The Hall–Kier alpha value is -0.870. The van der Waals surface area contributed by atoms with Gasteiger partial charge in [0.1, 0.15) is 0 Å². The van der Waals surface area contributed by atoms with Gasteiger partial charge in [-0.2, -0.15) is 0 Å². The number of hydrogen-bond donors (Lipinski definition) is 2. The molecule has 1 saturated heterocycles. The van der Waals surface area contributed by atoms with Crippen molar-refractivity contribution in [2.75, 3.05) is 6.54 Å². The number of halogens is 1. The Morgan fingerprint density at radius 3 is 3.00 bits per heavy atom. The van der Waals surface area contributed by atoms with Gasteiger partial charge >= 0.3 is 0 Å². The molecule has 1 aromatic rings. The standard InChI is InChI=1S/C14H19BrN2O/c1-10-6-7-16-13(8-10)14(18)17-9-11-4-2-3-5-12(11)15/h2-5,10,13,16H,6-9H2,1H3,(H,17,18). The third kappa shape index (κ3) is 3.56. The molecule has 4 heteroatoms. The lowest BCUT2D eigenvalue weighted by molar-refractivity contribution is -0.124. The number of piperidine rings is 1. The average molecular weight is 311 g/mol. The summed E-state index contributed by atoms with van der Waals surface area (Å²) in [5.74, 6) is 0.739. The molecule has 0 bridgehead atoms. The lowest BCUT2D eigenvalue weighted by Gasteiger charge is -2.27. The van der Waals surface area contributed by atoms with Crippen molar-refractivity contribution in [1.29, 1.82) is 0 Å². The zero-order valence-electron chi connectivity index (χ0n) is 10.6. The molecule has 0 radical (unpaired) electrons. The summed E-state index contributed by atoms with van der Waals surface area (Å²) >= 11 is 3.49. The van der Waals surface area contributed by atoms with Crippen molar-refractivity contribution < 1.29 is 4.79 Å². The highest BCUT2D eigenvalue weighted by atomic mass is 79.9. The van der Waals surface area contributed by atoms with Gasteiger partial charge in [0.2, 0.25) is 5.91 Å². The first-order valence-corrected chi connectivity index (χ1v) is 7.20. The molecule has 2 unspecified atom stereocenters. The van der Waals surface area contributed by atoms with Crippen molar-refractivity contribution >= 4 is 21.8 Å². The third-order valence-corrected chi connectivity index (χ3v) is 4.17. The maximum atomic E-state index is 12.0. The number of rotatable bonds is 3. The van der Waals surface area contributed by atoms with Gasteiger partial charge in [0.15, 0.2) is 0 Å². The fraction of sp³-hybridized carbons (Fsp3) is 0.500. The highest BCUT2D eigenvalue weighted by Gasteiger charge is 2.24. The van der Waals surface area contributed by atoms with Crippen LogP contribution in [0.4, 0.5) is 0 Å². The molecule has 2 N–H and O–H groups in total. The number of nitrogens with one attached hydrogen (secondary N) is 2. The van der Waals surface area contributed by atoms with Crippen LogP contribution in [-0.2, 0) is 11.3 Å². The van der Waals surface area contributed by atoms with E-state index in [0.29, 0.717) is 12.5 Å². The molecule has 2 rings (SSSR count). The van der Waals surface area contributed by atoms with Crippen molar-refractivity contribution in [3.8, 4) is 0 Å². The molecule has 1 amide bonds. The minimum absolute atomic E-state index is 0.0313. The number of carbonyl (C=O) groups excluding carboxylic acids is 1. The SMILES string of the molecule is CC1CCNC(C(=O)NCc2ccccc2Br)C1. The van der Waals surface area contributed by atoms with Crippen LogP contribution in [0.5, 0.6) is 0 Å². The molecule has 2 atom stereocenters. The zero-order chi connectivity index (χ0) is 13.0. The van der Waals surface area contributed by atoms with Gasteiger partial charge in [-0.1, -0.05) is 41.1 Å². The molecule has 18 heavy (non-hydrogen) atoms. The molecule has 0 saturated carbocycles. The smallest absolute Gasteiger partial charge is 0.237 e. The Morgan fingerprint density at radius 1 is 1.50 bits per heavy atom. The van der Waals surface area contributed by atoms with Crippen LogP contribution in [-0.4, -0.2) is 18.5 Å². The first kappa shape index (κ1) is 13.6. The maximum absolute atomic E-state index is 12.0. The summed E-state index contributed by atoms with van der Waals surface area (Å²) in [6.07, 6.45) is 2.09. The van der Waals surface area contributed by atoms with E-state index in [2.05, 4.69) is 33.5 Å². The molecule has 98 valence electrons. The molecule has 3 nitrogen and oxygen atoms in total. The van der Waals surface area contributed by atoms with Crippen molar-refractivity contribution in [2.24, 2.45) is 5.92 Å². The molecule has 1 aliphatic heterocycles. The summed E-state index contributed by atoms with van der Waals surface area (Å²) in [6, 6.07) is 7.92. The molecule has 0 spiro atoms. The lowest BCUT2D eigenvalue weighted by atomic mass is 9.94. The predicted octanol–water partition coefficient (Wildman–Crippen LogP) is 2.45. The van der Waals surface area contributed by atoms with Gasteiger partial charge in [0.25, 0.3) is 0 Å². The molecule has 1 heterocycles. The van der Waals surface area contributed by atoms with Crippen molar-refractivity contribution in [3.63, 3.8) is 0 Å². The van der Waals surface area contributed by atoms with Gasteiger partial charge in [-0.25, -0.2) is 0 Å². The third-order valence-electron chi connectivity index (χ3n) is 3.39. The quantitative estimate of drug-likeness (QED) is 0.900. The second kappa shape index (κ2) is 6.34. The minimum Gasteiger partial charge on any atom is -0.351 e. The topological polar surface area (TPSA) is 41.1 Å². The van der Waals surface area contributed by atoms with Crippen LogP contribution in [0.1, 0.15) is 25.3 Å². The van der Waals surface area contributed by atoms with Crippen LogP contribution in [0.25, 0.3) is 0 Å². The fourth-order valence-corrected chi connectivity index (χ4v) is 2.68. The summed E-state index contributed by atoms with van der Waals surface area (Å²) in [7, 11) is 0. The summed E-state index contributed by atoms with van der Waals surface area (Å²) in [5, 5.41) is 6.28. The Morgan fingerprint density at radius 2 is 2.28 bits per heavy atom. The first-order chi connectivity index (χ1) is 8.66. The number of benzene rings is 1. The van der Waals surface area contributed by atoms with E-state index >= 15 is 0 Å². The van der Waals surface area contributed by atoms with E-state index in [0.717, 1.165) is 29.4 Å². The Labute approximate surface area is 116 Å². The lowest BCUT2D eigenvalue weighted by Crippen LogP contribution is -2.48. The molecule has 0 aliphatic carbocycles. The predicted molar refractivity (Wildman–Crippen MR) is 76.2 cm³/mol. The Balaban J connectivity index is 1.86. The monoisotopic (exact) mass is 310 g/mol. The van der Waals surface area contributed by atoms with Crippen LogP contribution in [0.15, 0.2) is 28.7 Å². The molecular weight excluding hydrogens is 292 g/mol. The average Bonchev–Trinajstić information content (AvgIpc) is 2.37. The number of amides is 1. The summed E-state index contributed by atoms with van der Waals surface area (Å²) in [5.41, 5.74) is 1.11. The summed E-state index contributed by atoms with van der Waals surface area (Å²) < 4.78 is 1.04.